The number of hydrogen-bond acceptors (Lipinski definition) is 6. The van der Waals surface area contributed by atoms with E-state index in [0.717, 1.165) is 0 Å². The van der Waals surface area contributed by atoms with Gasteiger partial charge in [0, 0.05) is 17.8 Å². The van der Waals surface area contributed by atoms with Crippen molar-refractivity contribution in [3.05, 3.63) is 89.9 Å². The number of sulfonamides is 1. The Bertz CT molecular complexity index is 1430. The van der Waals surface area contributed by atoms with Crippen LogP contribution in [0.5, 0.6) is 0 Å². The molecule has 0 bridgehead atoms. The van der Waals surface area contributed by atoms with Crippen LogP contribution >= 0.6 is 0 Å². The van der Waals surface area contributed by atoms with Crippen LogP contribution < -0.4 is 16.2 Å². The van der Waals surface area contributed by atoms with Gasteiger partial charge in [-0.15, -0.1) is 0 Å². The van der Waals surface area contributed by atoms with Crippen molar-refractivity contribution in [3.63, 3.8) is 0 Å². The Hall–Kier alpha value is -3.86. The quantitative estimate of drug-likeness (QED) is 0.401. The zero-order chi connectivity index (χ0) is 23.6. The number of nitrogens with zero attached hydrogens (tertiary/aromatic N) is 3. The van der Waals surface area contributed by atoms with Crippen LogP contribution in [0.1, 0.15) is 21.9 Å². The maximum atomic E-state index is 13.0. The van der Waals surface area contributed by atoms with Gasteiger partial charge in [-0.1, -0.05) is 36.4 Å². The number of nitrogens with one attached hydrogen (secondary N) is 1. The van der Waals surface area contributed by atoms with Gasteiger partial charge in [-0.2, -0.15) is 5.10 Å². The van der Waals surface area contributed by atoms with Gasteiger partial charge in [-0.3, -0.25) is 4.79 Å². The molecule has 0 fully saturated rings. The van der Waals surface area contributed by atoms with Crippen molar-refractivity contribution in [2.75, 3.05) is 5.32 Å². The van der Waals surface area contributed by atoms with E-state index in [1.807, 2.05) is 0 Å². The van der Waals surface area contributed by atoms with Gasteiger partial charge in [-0.25, -0.2) is 23.2 Å². The molecule has 0 aliphatic carbocycles. The highest BCUT2D eigenvalue weighted by Gasteiger charge is 2.18. The molecule has 168 valence electrons. The number of primary sulfonamides is 1. The minimum Gasteiger partial charge on any atom is -0.325 e. The lowest BCUT2D eigenvalue weighted by Gasteiger charge is -2.11. The summed E-state index contributed by atoms with van der Waals surface area (Å²) in [6, 6.07) is 20.3. The molecule has 10 heteroatoms. The van der Waals surface area contributed by atoms with Gasteiger partial charge in [-0.05, 0) is 48.9 Å². The fourth-order valence-electron chi connectivity index (χ4n) is 3.42. The zero-order valence-electron chi connectivity index (χ0n) is 17.8. The Morgan fingerprint density at radius 2 is 1.76 bits per heavy atom. The number of nitrogens with two attached hydrogens (primary N) is 2. The summed E-state index contributed by atoms with van der Waals surface area (Å²) in [5.41, 5.74) is 9.01. The van der Waals surface area contributed by atoms with Crippen LogP contribution in [0.25, 0.3) is 16.9 Å². The Morgan fingerprint density at radius 1 is 1.03 bits per heavy atom. The second kappa shape index (κ2) is 8.94. The summed E-state index contributed by atoms with van der Waals surface area (Å²) in [6.45, 7) is 2.06. The molecule has 4 aromatic rings. The van der Waals surface area contributed by atoms with Crippen molar-refractivity contribution in [3.8, 4) is 16.9 Å². The molecule has 9 nitrogen and oxygen atoms in total. The number of pyridine rings is 1. The molecule has 0 spiro atoms. The van der Waals surface area contributed by atoms with E-state index in [-0.39, 0.29) is 17.3 Å². The lowest BCUT2D eigenvalue weighted by molar-refractivity contribution is 0.101. The third-order valence-corrected chi connectivity index (χ3v) is 5.90. The molecule has 2 heterocycles. The summed E-state index contributed by atoms with van der Waals surface area (Å²) in [6.07, 6.45) is 0. The summed E-state index contributed by atoms with van der Waals surface area (Å²) in [5, 5.41) is 12.6. The second-order valence-corrected chi connectivity index (χ2v) is 8.88. The first-order chi connectivity index (χ1) is 15.8. The molecule has 0 saturated heterocycles. The molecular formula is C23H22N6O3S. The predicted octanol–water partition coefficient (Wildman–Crippen LogP) is 2.60. The van der Waals surface area contributed by atoms with E-state index in [2.05, 4.69) is 15.4 Å². The summed E-state index contributed by atoms with van der Waals surface area (Å²) in [5.74, 6) is 0.124. The molecule has 5 N–H and O–H groups in total. The first kappa shape index (κ1) is 22.3. The van der Waals surface area contributed by atoms with Gasteiger partial charge in [0.2, 0.25) is 10.0 Å². The van der Waals surface area contributed by atoms with Gasteiger partial charge in [0.05, 0.1) is 16.3 Å². The number of hydrogen-bond donors (Lipinski definition) is 3. The number of aromatic nitrogens is 3. The van der Waals surface area contributed by atoms with Gasteiger partial charge < -0.3 is 11.1 Å². The maximum absolute atomic E-state index is 13.0. The van der Waals surface area contributed by atoms with Crippen LogP contribution in [0.3, 0.4) is 0 Å². The summed E-state index contributed by atoms with van der Waals surface area (Å²) in [7, 11) is -3.87. The third kappa shape index (κ3) is 4.82. The Labute approximate surface area is 191 Å². The maximum Gasteiger partial charge on any atom is 0.274 e. The number of carbonyl (C=O) groups is 1. The van der Waals surface area contributed by atoms with Crippen molar-refractivity contribution in [2.24, 2.45) is 10.9 Å². The fourth-order valence-corrected chi connectivity index (χ4v) is 4.18. The van der Waals surface area contributed by atoms with Gasteiger partial charge in [0.25, 0.3) is 5.91 Å². The normalized spacial score (nSPS) is 11.4. The van der Waals surface area contributed by atoms with E-state index in [1.54, 1.807) is 73.7 Å². The molecule has 2 aromatic heterocycles. The summed E-state index contributed by atoms with van der Waals surface area (Å²) >= 11 is 0. The number of benzene rings is 2. The number of carbonyl (C=O) groups excluding carboxylic acids is 1. The molecule has 33 heavy (non-hydrogen) atoms. The third-order valence-electron chi connectivity index (χ3n) is 4.93. The van der Waals surface area contributed by atoms with E-state index in [0.29, 0.717) is 39.7 Å². The number of anilines is 1. The molecule has 0 atom stereocenters. The lowest BCUT2D eigenvalue weighted by atomic mass is 10.1. The molecule has 0 aliphatic heterocycles. The molecular weight excluding hydrogens is 440 g/mol. The average molecular weight is 463 g/mol. The Balaban J connectivity index is 1.60. The molecule has 0 unspecified atom stereocenters. The fraction of sp³-hybridized carbons (Fsp3) is 0.0870. The van der Waals surface area contributed by atoms with Crippen molar-refractivity contribution >= 4 is 21.6 Å². The van der Waals surface area contributed by atoms with E-state index in [9.17, 15) is 13.2 Å². The standard InChI is InChI=1S/C23H22N6O3S/c1-15-13-20(29(28-15)22-8-4-5-18(14-24)26-22)23(30)27-17-11-9-16(10-12-17)19-6-2-3-7-21(19)33(25,31)32/h2-13H,14,24H2,1H3,(H,27,30)(H2,25,31,32). The van der Waals surface area contributed by atoms with Gasteiger partial charge in [0.1, 0.15) is 5.69 Å². The highest BCUT2D eigenvalue weighted by molar-refractivity contribution is 7.89. The van der Waals surface area contributed by atoms with Crippen LogP contribution in [0.2, 0.25) is 0 Å². The molecule has 0 radical (unpaired) electrons. The molecule has 2 aromatic carbocycles. The first-order valence-electron chi connectivity index (χ1n) is 10.0. The van der Waals surface area contributed by atoms with Crippen molar-refractivity contribution in [2.45, 2.75) is 18.4 Å². The molecule has 0 saturated carbocycles. The Morgan fingerprint density at radius 3 is 2.45 bits per heavy atom. The van der Waals surface area contributed by atoms with E-state index in [1.165, 1.54) is 10.7 Å². The van der Waals surface area contributed by atoms with Crippen LogP contribution in [0, 0.1) is 6.92 Å². The van der Waals surface area contributed by atoms with Crippen LogP contribution in [0.4, 0.5) is 5.69 Å². The monoisotopic (exact) mass is 462 g/mol. The van der Waals surface area contributed by atoms with Crippen LogP contribution in [-0.4, -0.2) is 29.1 Å². The largest absolute Gasteiger partial charge is 0.325 e. The van der Waals surface area contributed by atoms with Gasteiger partial charge >= 0.3 is 0 Å². The lowest BCUT2D eigenvalue weighted by Crippen LogP contribution is -2.18. The Kier molecular flexibility index (Phi) is 6.05. The molecule has 4 rings (SSSR count). The number of rotatable bonds is 6. The van der Waals surface area contributed by atoms with Crippen molar-refractivity contribution < 1.29 is 13.2 Å². The zero-order valence-corrected chi connectivity index (χ0v) is 18.6. The van der Waals surface area contributed by atoms with Crippen LogP contribution in [0.15, 0.2) is 77.7 Å². The minimum absolute atomic E-state index is 0.0355. The van der Waals surface area contributed by atoms with E-state index >= 15 is 0 Å². The van der Waals surface area contributed by atoms with Crippen molar-refractivity contribution in [1.29, 1.82) is 0 Å². The smallest absolute Gasteiger partial charge is 0.274 e. The summed E-state index contributed by atoms with van der Waals surface area (Å²) in [4.78, 5) is 17.5. The topological polar surface area (TPSA) is 146 Å². The van der Waals surface area contributed by atoms with E-state index in [4.69, 9.17) is 10.9 Å². The van der Waals surface area contributed by atoms with E-state index < -0.39 is 10.0 Å². The minimum atomic E-state index is -3.87. The average Bonchev–Trinajstić information content (AvgIpc) is 3.21. The predicted molar refractivity (Wildman–Crippen MR) is 125 cm³/mol. The highest BCUT2D eigenvalue weighted by Crippen LogP contribution is 2.27. The number of amides is 1. The number of aryl methyl sites for hydroxylation is 1. The SMILES string of the molecule is Cc1cc(C(=O)Nc2ccc(-c3ccccc3S(N)(=O)=O)cc2)n(-c2cccc(CN)n2)n1. The first-order valence-corrected chi connectivity index (χ1v) is 11.6. The second-order valence-electron chi connectivity index (χ2n) is 7.35. The van der Waals surface area contributed by atoms with Crippen molar-refractivity contribution in [1.82, 2.24) is 14.8 Å². The van der Waals surface area contributed by atoms with Gasteiger partial charge in [0.15, 0.2) is 5.82 Å². The molecule has 0 aliphatic rings. The summed E-state index contributed by atoms with van der Waals surface area (Å²) < 4.78 is 25.2. The highest BCUT2D eigenvalue weighted by atomic mass is 32.2. The van der Waals surface area contributed by atoms with Crippen LogP contribution in [-0.2, 0) is 16.6 Å². The molecule has 1 amide bonds.